The van der Waals surface area contributed by atoms with Gasteiger partial charge < -0.3 is 15.2 Å². The molecular weight excluding hydrogens is 214 g/mol. The molecule has 0 radical (unpaired) electrons. The fraction of sp³-hybridized carbons (Fsp3) is 0.143. The maximum Gasteiger partial charge on any atom is 0.120 e. The van der Waals surface area contributed by atoms with Crippen LogP contribution in [0.25, 0.3) is 11.1 Å². The van der Waals surface area contributed by atoms with Crippen LogP contribution in [0.4, 0.5) is 5.69 Å². The molecule has 17 heavy (non-hydrogen) atoms. The van der Waals surface area contributed by atoms with Gasteiger partial charge in [0.25, 0.3) is 0 Å². The third-order valence-corrected chi connectivity index (χ3v) is 2.66. The molecule has 2 aromatic rings. The molecule has 0 bridgehead atoms. The molecule has 0 aromatic heterocycles. The van der Waals surface area contributed by atoms with Crippen LogP contribution in [-0.2, 0) is 0 Å². The summed E-state index contributed by atoms with van der Waals surface area (Å²) in [5.74, 6) is 1.60. The molecule has 2 aromatic carbocycles. The lowest BCUT2D eigenvalue weighted by molar-refractivity contribution is 0.414. The monoisotopic (exact) mass is 229 g/mol. The number of hydrogen-bond donors (Lipinski definition) is 1. The first-order valence-electron chi connectivity index (χ1n) is 5.32. The van der Waals surface area contributed by atoms with E-state index in [0.29, 0.717) is 5.69 Å². The Morgan fingerprint density at radius 3 is 1.94 bits per heavy atom. The van der Waals surface area contributed by atoms with E-state index < -0.39 is 0 Å². The molecule has 0 unspecified atom stereocenters. The molecule has 0 aliphatic rings. The van der Waals surface area contributed by atoms with Crippen LogP contribution in [0.5, 0.6) is 11.5 Å². The van der Waals surface area contributed by atoms with Crippen molar-refractivity contribution < 1.29 is 9.47 Å². The van der Waals surface area contributed by atoms with Gasteiger partial charge in [-0.25, -0.2) is 0 Å². The van der Waals surface area contributed by atoms with E-state index in [9.17, 15) is 0 Å². The van der Waals surface area contributed by atoms with E-state index in [2.05, 4.69) is 0 Å². The molecular formula is C14H15NO2. The second-order valence-corrected chi connectivity index (χ2v) is 3.68. The summed E-state index contributed by atoms with van der Waals surface area (Å²) in [6.07, 6.45) is 0. The first-order valence-corrected chi connectivity index (χ1v) is 5.32. The quantitative estimate of drug-likeness (QED) is 0.823. The first-order chi connectivity index (χ1) is 8.24. The van der Waals surface area contributed by atoms with Crippen LogP contribution in [0.15, 0.2) is 42.5 Å². The summed E-state index contributed by atoms with van der Waals surface area (Å²) >= 11 is 0. The zero-order chi connectivity index (χ0) is 12.3. The molecule has 3 nitrogen and oxygen atoms in total. The van der Waals surface area contributed by atoms with Crippen LogP contribution in [0, 0.1) is 0 Å². The van der Waals surface area contributed by atoms with Crippen molar-refractivity contribution in [2.24, 2.45) is 0 Å². The average Bonchev–Trinajstić information content (AvgIpc) is 2.39. The van der Waals surface area contributed by atoms with E-state index in [4.69, 9.17) is 15.2 Å². The molecule has 0 heterocycles. The molecule has 0 aliphatic heterocycles. The number of nitrogen functional groups attached to an aromatic ring is 1. The lowest BCUT2D eigenvalue weighted by Crippen LogP contribution is -1.92. The van der Waals surface area contributed by atoms with Gasteiger partial charge >= 0.3 is 0 Å². The maximum absolute atomic E-state index is 5.99. The summed E-state index contributed by atoms with van der Waals surface area (Å²) in [5.41, 5.74) is 8.75. The summed E-state index contributed by atoms with van der Waals surface area (Å²) in [5, 5.41) is 0. The Bertz CT molecular complexity index is 506. The third-order valence-electron chi connectivity index (χ3n) is 2.66. The van der Waals surface area contributed by atoms with Crippen LogP contribution in [0.2, 0.25) is 0 Å². The average molecular weight is 229 g/mol. The number of nitrogens with two attached hydrogens (primary N) is 1. The molecule has 0 fully saturated rings. The van der Waals surface area contributed by atoms with Gasteiger partial charge in [0.2, 0.25) is 0 Å². The Kier molecular flexibility index (Phi) is 3.19. The molecule has 0 aliphatic carbocycles. The van der Waals surface area contributed by atoms with Crippen molar-refractivity contribution in [3.8, 4) is 22.6 Å². The lowest BCUT2D eigenvalue weighted by Gasteiger charge is -2.08. The van der Waals surface area contributed by atoms with Crippen molar-refractivity contribution in [1.82, 2.24) is 0 Å². The highest BCUT2D eigenvalue weighted by Gasteiger charge is 2.04. The number of rotatable bonds is 3. The van der Waals surface area contributed by atoms with Crippen molar-refractivity contribution in [2.45, 2.75) is 0 Å². The second kappa shape index (κ2) is 4.78. The highest BCUT2D eigenvalue weighted by molar-refractivity contribution is 5.77. The molecule has 3 heteroatoms. The topological polar surface area (TPSA) is 44.5 Å². The van der Waals surface area contributed by atoms with Gasteiger partial charge in [-0.1, -0.05) is 12.1 Å². The Balaban J connectivity index is 2.38. The van der Waals surface area contributed by atoms with E-state index in [-0.39, 0.29) is 0 Å². The minimum Gasteiger partial charge on any atom is -0.497 e. The lowest BCUT2D eigenvalue weighted by atomic mass is 10.0. The zero-order valence-corrected chi connectivity index (χ0v) is 9.94. The highest BCUT2D eigenvalue weighted by atomic mass is 16.5. The summed E-state index contributed by atoms with van der Waals surface area (Å²) in [6, 6.07) is 13.5. The van der Waals surface area contributed by atoms with Gasteiger partial charge in [-0.3, -0.25) is 0 Å². The first kappa shape index (κ1) is 11.3. The fourth-order valence-electron chi connectivity index (χ4n) is 1.70. The highest BCUT2D eigenvalue weighted by Crippen LogP contribution is 2.30. The van der Waals surface area contributed by atoms with Gasteiger partial charge in [-0.05, 0) is 29.8 Å². The van der Waals surface area contributed by atoms with Crippen molar-refractivity contribution in [2.75, 3.05) is 20.0 Å². The minimum absolute atomic E-state index is 0.703. The van der Waals surface area contributed by atoms with Crippen LogP contribution in [0.1, 0.15) is 0 Å². The van der Waals surface area contributed by atoms with Crippen molar-refractivity contribution in [1.29, 1.82) is 0 Å². The van der Waals surface area contributed by atoms with Crippen molar-refractivity contribution in [3.05, 3.63) is 42.5 Å². The maximum atomic E-state index is 5.99. The van der Waals surface area contributed by atoms with Gasteiger partial charge in [0.1, 0.15) is 11.5 Å². The Morgan fingerprint density at radius 1 is 0.824 bits per heavy atom. The predicted octanol–water partition coefficient (Wildman–Crippen LogP) is 2.95. The number of benzene rings is 2. The Labute approximate surface area is 101 Å². The van der Waals surface area contributed by atoms with Crippen molar-refractivity contribution >= 4 is 5.69 Å². The van der Waals surface area contributed by atoms with E-state index in [1.807, 2.05) is 42.5 Å². The molecule has 2 N–H and O–H groups in total. The molecule has 0 saturated heterocycles. The van der Waals surface area contributed by atoms with Gasteiger partial charge in [0, 0.05) is 17.3 Å². The van der Waals surface area contributed by atoms with Gasteiger partial charge in [0.15, 0.2) is 0 Å². The largest absolute Gasteiger partial charge is 0.497 e. The van der Waals surface area contributed by atoms with Crippen LogP contribution in [-0.4, -0.2) is 14.2 Å². The normalized spacial score (nSPS) is 10.0. The Morgan fingerprint density at radius 2 is 1.41 bits per heavy atom. The van der Waals surface area contributed by atoms with E-state index in [0.717, 1.165) is 22.6 Å². The summed E-state index contributed by atoms with van der Waals surface area (Å²) in [6.45, 7) is 0. The molecule has 2 rings (SSSR count). The van der Waals surface area contributed by atoms with E-state index in [1.165, 1.54) is 0 Å². The number of anilines is 1. The Hall–Kier alpha value is -2.16. The molecule has 0 spiro atoms. The number of ether oxygens (including phenoxy) is 2. The van der Waals surface area contributed by atoms with Crippen LogP contribution >= 0.6 is 0 Å². The predicted molar refractivity (Wildman–Crippen MR) is 69.4 cm³/mol. The van der Waals surface area contributed by atoms with Gasteiger partial charge in [0.05, 0.1) is 14.2 Å². The van der Waals surface area contributed by atoms with Gasteiger partial charge in [-0.15, -0.1) is 0 Å². The van der Waals surface area contributed by atoms with Crippen LogP contribution < -0.4 is 15.2 Å². The number of methoxy groups -OCH3 is 2. The molecule has 88 valence electrons. The standard InChI is InChI=1S/C14H15NO2/c1-16-11-5-3-10(4-6-11)13-8-7-12(17-2)9-14(13)15/h3-9H,15H2,1-2H3. The smallest absolute Gasteiger partial charge is 0.120 e. The van der Waals surface area contributed by atoms with Crippen LogP contribution in [0.3, 0.4) is 0 Å². The fourth-order valence-corrected chi connectivity index (χ4v) is 1.70. The van der Waals surface area contributed by atoms with Gasteiger partial charge in [-0.2, -0.15) is 0 Å². The van der Waals surface area contributed by atoms with Crippen molar-refractivity contribution in [3.63, 3.8) is 0 Å². The summed E-state index contributed by atoms with van der Waals surface area (Å²) < 4.78 is 10.2. The summed E-state index contributed by atoms with van der Waals surface area (Å²) in [7, 11) is 3.28. The SMILES string of the molecule is COc1ccc(-c2ccc(OC)cc2N)cc1. The molecule has 0 amide bonds. The van der Waals surface area contributed by atoms with E-state index >= 15 is 0 Å². The summed E-state index contributed by atoms with van der Waals surface area (Å²) in [4.78, 5) is 0. The second-order valence-electron chi connectivity index (χ2n) is 3.68. The minimum atomic E-state index is 0.703. The van der Waals surface area contributed by atoms with E-state index in [1.54, 1.807) is 14.2 Å². The third kappa shape index (κ3) is 2.33. The molecule has 0 saturated carbocycles. The number of hydrogen-bond acceptors (Lipinski definition) is 3. The zero-order valence-electron chi connectivity index (χ0n) is 9.94. The molecule has 0 atom stereocenters.